The van der Waals surface area contributed by atoms with E-state index in [1.165, 1.54) is 12.1 Å². The number of aryl methyl sites for hydroxylation is 1. The van der Waals surface area contributed by atoms with Crippen molar-refractivity contribution in [2.45, 2.75) is 13.3 Å². The van der Waals surface area contributed by atoms with Crippen LogP contribution < -0.4 is 0 Å². The molecule has 0 radical (unpaired) electrons. The van der Waals surface area contributed by atoms with E-state index in [9.17, 15) is 15.0 Å². The molecule has 0 aliphatic rings. The Labute approximate surface area is 132 Å². The van der Waals surface area contributed by atoms with Crippen molar-refractivity contribution in [1.29, 1.82) is 0 Å². The van der Waals surface area contributed by atoms with Crippen molar-refractivity contribution in [1.82, 2.24) is 4.98 Å². The van der Waals surface area contributed by atoms with Gasteiger partial charge in [0.15, 0.2) is 5.69 Å². The second kappa shape index (κ2) is 5.92. The zero-order valence-corrected chi connectivity index (χ0v) is 12.4. The number of nitrogens with zero attached hydrogens (tertiary/aromatic N) is 2. The Hall–Kier alpha value is -3.15. The maximum absolute atomic E-state index is 11.9. The molecule has 23 heavy (non-hydrogen) atoms. The highest BCUT2D eigenvalue weighted by atomic mass is 16.3. The number of benzene rings is 2. The van der Waals surface area contributed by atoms with Crippen LogP contribution >= 0.6 is 0 Å². The third kappa shape index (κ3) is 3.06. The number of carbonyl (C=O) groups excluding carboxylic acids is 1. The third-order valence-corrected chi connectivity index (χ3v) is 3.54. The van der Waals surface area contributed by atoms with E-state index in [0.29, 0.717) is 0 Å². The van der Waals surface area contributed by atoms with E-state index in [1.54, 1.807) is 12.1 Å². The quantitative estimate of drug-likeness (QED) is 0.643. The number of aromatic nitrogens is 1. The van der Waals surface area contributed by atoms with Crippen LogP contribution in [-0.4, -0.2) is 21.1 Å². The van der Waals surface area contributed by atoms with Crippen LogP contribution in [0, 0.1) is 6.92 Å². The molecule has 6 nitrogen and oxygen atoms in total. The minimum absolute atomic E-state index is 0.0753. The zero-order chi connectivity index (χ0) is 16.4. The van der Waals surface area contributed by atoms with Crippen molar-refractivity contribution < 1.29 is 15.0 Å². The number of phenols is 1. The fraction of sp³-hybridized carbons (Fsp3) is 0.118. The summed E-state index contributed by atoms with van der Waals surface area (Å²) in [5.41, 5.74) is 2.66. The lowest BCUT2D eigenvalue weighted by Gasteiger charge is -1.98. The van der Waals surface area contributed by atoms with Gasteiger partial charge in [0.2, 0.25) is 5.88 Å². The van der Waals surface area contributed by atoms with Gasteiger partial charge in [0, 0.05) is 5.39 Å². The largest absolute Gasteiger partial charge is 0.508 e. The first-order chi connectivity index (χ1) is 11.0. The highest BCUT2D eigenvalue weighted by Gasteiger charge is 2.12. The van der Waals surface area contributed by atoms with Gasteiger partial charge >= 0.3 is 0 Å². The molecular formula is C17H15N3O3. The van der Waals surface area contributed by atoms with E-state index in [4.69, 9.17) is 0 Å². The Kier molecular flexibility index (Phi) is 3.80. The number of aromatic amines is 1. The lowest BCUT2D eigenvalue weighted by Crippen LogP contribution is -1.97. The Morgan fingerprint density at radius 2 is 1.87 bits per heavy atom. The number of hydrogen-bond acceptors (Lipinski definition) is 4. The number of fused-ring (bicyclic) bond motifs is 1. The summed E-state index contributed by atoms with van der Waals surface area (Å²) in [5.74, 6) is -0.407. The number of azo groups is 1. The first-order valence-electron chi connectivity index (χ1n) is 7.07. The zero-order valence-electron chi connectivity index (χ0n) is 12.4. The molecule has 0 saturated heterocycles. The summed E-state index contributed by atoms with van der Waals surface area (Å²) in [6.07, 6.45) is 0.0753. The molecule has 0 aliphatic heterocycles. The van der Waals surface area contributed by atoms with Crippen molar-refractivity contribution in [3.63, 3.8) is 0 Å². The van der Waals surface area contributed by atoms with E-state index >= 15 is 0 Å². The number of H-pyrrole nitrogens is 1. The number of hydrogen-bond donors (Lipinski definition) is 3. The summed E-state index contributed by atoms with van der Waals surface area (Å²) in [5, 5.41) is 27.5. The average Bonchev–Trinajstić information content (AvgIpc) is 2.84. The summed E-state index contributed by atoms with van der Waals surface area (Å²) < 4.78 is 0. The predicted octanol–water partition coefficient (Wildman–Crippen LogP) is 3.74. The second-order valence-electron chi connectivity index (χ2n) is 5.26. The fourth-order valence-electron chi connectivity index (χ4n) is 2.42. The second-order valence-corrected chi connectivity index (χ2v) is 5.26. The van der Waals surface area contributed by atoms with Crippen molar-refractivity contribution in [3.05, 3.63) is 53.6 Å². The average molecular weight is 309 g/mol. The minimum Gasteiger partial charge on any atom is -0.508 e. The van der Waals surface area contributed by atoms with E-state index in [-0.39, 0.29) is 23.7 Å². The van der Waals surface area contributed by atoms with E-state index < -0.39 is 5.91 Å². The van der Waals surface area contributed by atoms with Gasteiger partial charge in [-0.2, -0.15) is 0 Å². The monoisotopic (exact) mass is 309 g/mol. The van der Waals surface area contributed by atoms with Crippen molar-refractivity contribution in [3.8, 4) is 11.6 Å². The van der Waals surface area contributed by atoms with E-state index in [0.717, 1.165) is 22.0 Å². The van der Waals surface area contributed by atoms with Crippen molar-refractivity contribution in [2.24, 2.45) is 10.2 Å². The Bertz CT molecular complexity index is 895. The van der Waals surface area contributed by atoms with Crippen LogP contribution in [-0.2, 0) is 11.2 Å². The summed E-state index contributed by atoms with van der Waals surface area (Å²) in [6.45, 7) is 1.90. The van der Waals surface area contributed by atoms with Gasteiger partial charge < -0.3 is 15.2 Å². The molecule has 3 aromatic rings. The molecule has 0 saturated carbocycles. The van der Waals surface area contributed by atoms with Gasteiger partial charge in [0.05, 0.1) is 11.9 Å². The van der Waals surface area contributed by atoms with Crippen LogP contribution in [0.2, 0.25) is 0 Å². The number of nitrogens with one attached hydrogen (secondary N) is 1. The molecule has 0 fully saturated rings. The van der Waals surface area contributed by atoms with Gasteiger partial charge in [-0.15, -0.1) is 10.2 Å². The summed E-state index contributed by atoms with van der Waals surface area (Å²) in [6, 6.07) is 11.9. The van der Waals surface area contributed by atoms with Gasteiger partial charge in [-0.05, 0) is 36.2 Å². The van der Waals surface area contributed by atoms with Crippen LogP contribution in [0.25, 0.3) is 10.9 Å². The summed E-state index contributed by atoms with van der Waals surface area (Å²) in [7, 11) is 0. The smallest absolute Gasteiger partial charge is 0.269 e. The molecule has 0 aliphatic carbocycles. The van der Waals surface area contributed by atoms with Gasteiger partial charge in [0.1, 0.15) is 5.75 Å². The Morgan fingerprint density at radius 3 is 2.61 bits per heavy atom. The molecular weight excluding hydrogens is 294 g/mol. The first-order valence-corrected chi connectivity index (χ1v) is 7.07. The van der Waals surface area contributed by atoms with Crippen molar-refractivity contribution >= 4 is 22.5 Å². The predicted molar refractivity (Wildman–Crippen MR) is 86.0 cm³/mol. The van der Waals surface area contributed by atoms with Crippen LogP contribution in [0.5, 0.6) is 11.6 Å². The summed E-state index contributed by atoms with van der Waals surface area (Å²) >= 11 is 0. The number of amides is 1. The number of aromatic hydroxyl groups is 2. The van der Waals surface area contributed by atoms with Gasteiger partial charge in [0.25, 0.3) is 5.91 Å². The molecule has 1 heterocycles. The molecule has 0 atom stereocenters. The van der Waals surface area contributed by atoms with Gasteiger partial charge in [-0.25, -0.2) is 0 Å². The summed E-state index contributed by atoms with van der Waals surface area (Å²) in [4.78, 5) is 14.7. The lowest BCUT2D eigenvalue weighted by molar-refractivity contribution is -0.117. The van der Waals surface area contributed by atoms with Gasteiger partial charge in [-0.3, -0.25) is 4.79 Å². The molecule has 3 N–H and O–H groups in total. The standard InChI is InChI=1S/C17H15N3O3/c1-10-3-2-4-13-15(10)16(17(23)18-13)20-19-14(22)9-11-5-7-12(21)8-6-11/h2-8,18,21,23H,9H2,1H3. The van der Waals surface area contributed by atoms with Crippen LogP contribution in [0.15, 0.2) is 52.7 Å². The molecule has 1 aromatic heterocycles. The van der Waals surface area contributed by atoms with Crippen LogP contribution in [0.4, 0.5) is 5.69 Å². The highest BCUT2D eigenvalue weighted by Crippen LogP contribution is 2.37. The third-order valence-electron chi connectivity index (χ3n) is 3.54. The molecule has 6 heteroatoms. The van der Waals surface area contributed by atoms with Crippen molar-refractivity contribution in [2.75, 3.05) is 0 Å². The minimum atomic E-state index is -0.432. The number of carbonyl (C=O) groups is 1. The Morgan fingerprint density at radius 1 is 1.13 bits per heavy atom. The fourth-order valence-corrected chi connectivity index (χ4v) is 2.42. The maximum atomic E-state index is 11.9. The molecule has 116 valence electrons. The molecule has 2 aromatic carbocycles. The number of rotatable bonds is 3. The van der Waals surface area contributed by atoms with Crippen LogP contribution in [0.3, 0.4) is 0 Å². The normalized spacial score (nSPS) is 11.3. The molecule has 0 unspecified atom stereocenters. The SMILES string of the molecule is Cc1cccc2[nH]c(O)c(N=NC(=O)Cc3ccc(O)cc3)c12. The number of phenolic OH excluding ortho intramolecular Hbond substituents is 1. The van der Waals surface area contributed by atoms with E-state index in [2.05, 4.69) is 15.2 Å². The topological polar surface area (TPSA) is 98.0 Å². The maximum Gasteiger partial charge on any atom is 0.269 e. The molecule has 0 spiro atoms. The molecule has 1 amide bonds. The Balaban J connectivity index is 1.84. The van der Waals surface area contributed by atoms with Crippen LogP contribution in [0.1, 0.15) is 11.1 Å². The first kappa shape index (κ1) is 14.8. The van der Waals surface area contributed by atoms with Gasteiger partial charge in [-0.1, -0.05) is 24.3 Å². The van der Waals surface area contributed by atoms with E-state index in [1.807, 2.05) is 25.1 Å². The molecule has 3 rings (SSSR count). The highest BCUT2D eigenvalue weighted by molar-refractivity contribution is 5.96. The lowest BCUT2D eigenvalue weighted by atomic mass is 10.1. The molecule has 0 bridgehead atoms.